The molecular formula is C12H19N3O3S. The van der Waals surface area contributed by atoms with E-state index in [9.17, 15) is 13.5 Å². The summed E-state index contributed by atoms with van der Waals surface area (Å²) in [5.41, 5.74) is 0. The number of nitrogens with zero attached hydrogens (tertiary/aromatic N) is 2. The molecule has 0 bridgehead atoms. The van der Waals surface area contributed by atoms with E-state index in [1.54, 1.807) is 12.1 Å². The molecule has 0 amide bonds. The van der Waals surface area contributed by atoms with Crippen LogP contribution in [0.25, 0.3) is 0 Å². The Bertz CT molecular complexity index is 516. The molecule has 0 aliphatic carbocycles. The summed E-state index contributed by atoms with van der Waals surface area (Å²) in [6, 6.07) is 2.89. The molecule has 2 rings (SSSR count). The van der Waals surface area contributed by atoms with Gasteiger partial charge >= 0.3 is 0 Å². The van der Waals surface area contributed by atoms with Crippen molar-refractivity contribution in [3.8, 4) is 0 Å². The number of aromatic nitrogens is 1. The van der Waals surface area contributed by atoms with Crippen molar-refractivity contribution in [1.82, 2.24) is 9.29 Å². The van der Waals surface area contributed by atoms with Crippen LogP contribution in [0.2, 0.25) is 0 Å². The van der Waals surface area contributed by atoms with E-state index < -0.39 is 10.0 Å². The highest BCUT2D eigenvalue weighted by Gasteiger charge is 2.34. The van der Waals surface area contributed by atoms with E-state index in [1.807, 2.05) is 6.92 Å². The SMILES string of the molecule is CCNc1ccc(S(=O)(=O)N2CCCC2CO)cn1. The molecule has 1 aromatic rings. The average Bonchev–Trinajstić information content (AvgIpc) is 2.89. The fourth-order valence-electron chi connectivity index (χ4n) is 2.26. The number of hydrogen-bond donors (Lipinski definition) is 2. The quantitative estimate of drug-likeness (QED) is 0.830. The van der Waals surface area contributed by atoms with Gasteiger partial charge in [0.15, 0.2) is 0 Å². The number of aliphatic hydroxyl groups is 1. The maximum atomic E-state index is 12.4. The van der Waals surface area contributed by atoms with E-state index in [1.165, 1.54) is 10.5 Å². The van der Waals surface area contributed by atoms with Gasteiger partial charge in [-0.3, -0.25) is 0 Å². The van der Waals surface area contributed by atoms with Gasteiger partial charge in [0.1, 0.15) is 10.7 Å². The normalized spacial score (nSPS) is 20.6. The van der Waals surface area contributed by atoms with Crippen molar-refractivity contribution in [3.63, 3.8) is 0 Å². The standard InChI is InChI=1S/C12H19N3O3S/c1-2-13-12-6-5-11(8-14-12)19(17,18)15-7-3-4-10(15)9-16/h5-6,8,10,16H,2-4,7,9H2,1H3,(H,13,14). The molecule has 2 N–H and O–H groups in total. The predicted molar refractivity (Wildman–Crippen MR) is 72.4 cm³/mol. The number of hydrogen-bond acceptors (Lipinski definition) is 5. The van der Waals surface area contributed by atoms with Gasteiger partial charge in [-0.1, -0.05) is 0 Å². The zero-order valence-electron chi connectivity index (χ0n) is 10.9. The van der Waals surface area contributed by atoms with Gasteiger partial charge in [0.2, 0.25) is 10.0 Å². The smallest absolute Gasteiger partial charge is 0.244 e. The number of rotatable bonds is 5. The molecule has 6 nitrogen and oxygen atoms in total. The molecule has 1 aliphatic rings. The monoisotopic (exact) mass is 285 g/mol. The lowest BCUT2D eigenvalue weighted by Gasteiger charge is -2.22. The third kappa shape index (κ3) is 2.88. The van der Waals surface area contributed by atoms with Crippen LogP contribution in [-0.2, 0) is 10.0 Å². The van der Waals surface area contributed by atoms with E-state index >= 15 is 0 Å². The second kappa shape index (κ2) is 5.85. The summed E-state index contributed by atoms with van der Waals surface area (Å²) in [5, 5.41) is 12.2. The van der Waals surface area contributed by atoms with Crippen LogP contribution < -0.4 is 5.32 Å². The van der Waals surface area contributed by atoms with E-state index in [0.717, 1.165) is 13.0 Å². The summed E-state index contributed by atoms with van der Waals surface area (Å²) in [5.74, 6) is 0.654. The van der Waals surface area contributed by atoms with Gasteiger partial charge in [0, 0.05) is 25.3 Å². The van der Waals surface area contributed by atoms with Crippen LogP contribution in [0.1, 0.15) is 19.8 Å². The first kappa shape index (κ1) is 14.2. The van der Waals surface area contributed by atoms with Crippen LogP contribution >= 0.6 is 0 Å². The Morgan fingerprint density at radius 2 is 2.32 bits per heavy atom. The largest absolute Gasteiger partial charge is 0.395 e. The lowest BCUT2D eigenvalue weighted by Crippen LogP contribution is -2.37. The second-order valence-corrected chi connectivity index (χ2v) is 6.39. The molecule has 7 heteroatoms. The lowest BCUT2D eigenvalue weighted by atomic mass is 10.2. The predicted octanol–water partition coefficient (Wildman–Crippen LogP) is 0.659. The van der Waals surface area contributed by atoms with Crippen LogP contribution in [0, 0.1) is 0 Å². The fourth-order valence-corrected chi connectivity index (χ4v) is 3.89. The number of nitrogens with one attached hydrogen (secondary N) is 1. The summed E-state index contributed by atoms with van der Waals surface area (Å²) < 4.78 is 26.2. The maximum absolute atomic E-state index is 12.4. The Hall–Kier alpha value is -1.18. The van der Waals surface area contributed by atoms with Crippen molar-refractivity contribution in [1.29, 1.82) is 0 Å². The van der Waals surface area contributed by atoms with Crippen molar-refractivity contribution in [2.45, 2.75) is 30.7 Å². The summed E-state index contributed by atoms with van der Waals surface area (Å²) >= 11 is 0. The van der Waals surface area contributed by atoms with Crippen molar-refractivity contribution < 1.29 is 13.5 Å². The molecule has 1 aliphatic heterocycles. The highest BCUT2D eigenvalue weighted by Crippen LogP contribution is 2.25. The Labute approximate surface area is 113 Å². The molecular weight excluding hydrogens is 266 g/mol. The minimum atomic E-state index is -3.55. The first-order valence-electron chi connectivity index (χ1n) is 6.42. The zero-order valence-corrected chi connectivity index (χ0v) is 11.7. The van der Waals surface area contributed by atoms with Gasteiger partial charge in [-0.05, 0) is 31.9 Å². The number of anilines is 1. The molecule has 1 saturated heterocycles. The van der Waals surface area contributed by atoms with E-state index in [-0.39, 0.29) is 17.5 Å². The Kier molecular flexibility index (Phi) is 4.38. The molecule has 1 aromatic heterocycles. The van der Waals surface area contributed by atoms with Gasteiger partial charge < -0.3 is 10.4 Å². The minimum Gasteiger partial charge on any atom is -0.395 e. The molecule has 1 unspecified atom stereocenters. The van der Waals surface area contributed by atoms with Crippen molar-refractivity contribution in [2.24, 2.45) is 0 Å². The fraction of sp³-hybridized carbons (Fsp3) is 0.583. The number of pyridine rings is 1. The summed E-state index contributed by atoms with van der Waals surface area (Å²) in [6.45, 7) is 3.00. The van der Waals surface area contributed by atoms with E-state index in [0.29, 0.717) is 18.8 Å². The van der Waals surface area contributed by atoms with E-state index in [2.05, 4.69) is 10.3 Å². The number of aliphatic hydroxyl groups excluding tert-OH is 1. The molecule has 1 atom stereocenters. The van der Waals surface area contributed by atoms with E-state index in [4.69, 9.17) is 0 Å². The Morgan fingerprint density at radius 1 is 1.53 bits per heavy atom. The van der Waals surface area contributed by atoms with Crippen LogP contribution in [0.4, 0.5) is 5.82 Å². The van der Waals surface area contributed by atoms with Crippen molar-refractivity contribution in [2.75, 3.05) is 25.0 Å². The van der Waals surface area contributed by atoms with Crippen LogP contribution in [0.3, 0.4) is 0 Å². The topological polar surface area (TPSA) is 82.5 Å². The second-order valence-electron chi connectivity index (χ2n) is 4.50. The van der Waals surface area contributed by atoms with Crippen LogP contribution in [0.5, 0.6) is 0 Å². The van der Waals surface area contributed by atoms with Gasteiger partial charge in [-0.25, -0.2) is 13.4 Å². The molecule has 0 spiro atoms. The van der Waals surface area contributed by atoms with Crippen LogP contribution in [0.15, 0.2) is 23.2 Å². The molecule has 0 radical (unpaired) electrons. The van der Waals surface area contributed by atoms with Crippen molar-refractivity contribution in [3.05, 3.63) is 18.3 Å². The van der Waals surface area contributed by atoms with Gasteiger partial charge in [0.05, 0.1) is 6.61 Å². The van der Waals surface area contributed by atoms with Gasteiger partial charge in [-0.15, -0.1) is 0 Å². The first-order chi connectivity index (χ1) is 9.09. The minimum absolute atomic E-state index is 0.137. The third-order valence-electron chi connectivity index (χ3n) is 3.23. The maximum Gasteiger partial charge on any atom is 0.244 e. The highest BCUT2D eigenvalue weighted by molar-refractivity contribution is 7.89. The third-order valence-corrected chi connectivity index (χ3v) is 5.17. The zero-order chi connectivity index (χ0) is 13.9. The summed E-state index contributed by atoms with van der Waals surface area (Å²) in [6.07, 6.45) is 2.85. The molecule has 0 aromatic carbocycles. The molecule has 0 saturated carbocycles. The molecule has 19 heavy (non-hydrogen) atoms. The summed E-state index contributed by atoms with van der Waals surface area (Å²) in [7, 11) is -3.55. The molecule has 106 valence electrons. The lowest BCUT2D eigenvalue weighted by molar-refractivity contribution is 0.213. The average molecular weight is 285 g/mol. The number of sulfonamides is 1. The highest BCUT2D eigenvalue weighted by atomic mass is 32.2. The van der Waals surface area contributed by atoms with Gasteiger partial charge in [0.25, 0.3) is 0 Å². The summed E-state index contributed by atoms with van der Waals surface area (Å²) in [4.78, 5) is 4.25. The molecule has 1 fully saturated rings. The Balaban J connectivity index is 2.24. The Morgan fingerprint density at radius 3 is 2.89 bits per heavy atom. The van der Waals surface area contributed by atoms with Gasteiger partial charge in [-0.2, -0.15) is 4.31 Å². The van der Waals surface area contributed by atoms with Crippen molar-refractivity contribution >= 4 is 15.8 Å². The first-order valence-corrected chi connectivity index (χ1v) is 7.86. The van der Waals surface area contributed by atoms with Crippen LogP contribution in [-0.4, -0.2) is 48.6 Å². The molecule has 2 heterocycles.